The molecule has 5 aliphatic carbocycles. The van der Waals surface area contributed by atoms with E-state index in [1.807, 2.05) is 40.7 Å². The molecule has 2 aliphatic heterocycles. The molecule has 51 heavy (non-hydrogen) atoms. The molecule has 6 fully saturated rings. The molecule has 0 radical (unpaired) electrons. The Balaban J connectivity index is 1.06. The third-order valence-corrected chi connectivity index (χ3v) is 12.6. The molecule has 2 amide bonds. The van der Waals surface area contributed by atoms with E-state index in [1.165, 1.54) is 12.8 Å². The summed E-state index contributed by atoms with van der Waals surface area (Å²) in [4.78, 5) is 48.4. The highest BCUT2D eigenvalue weighted by atomic mass is 16.5. The maximum Gasteiger partial charge on any atom is 0.258 e. The summed E-state index contributed by atoms with van der Waals surface area (Å²) in [6.07, 6.45) is 10.7. The number of anilines is 1. The van der Waals surface area contributed by atoms with Crippen LogP contribution in [-0.2, 0) is 33.8 Å². The van der Waals surface area contributed by atoms with Crippen molar-refractivity contribution in [3.05, 3.63) is 51.3 Å². The number of piperazine rings is 1. The summed E-state index contributed by atoms with van der Waals surface area (Å²) < 4.78 is 18.5. The van der Waals surface area contributed by atoms with Gasteiger partial charge in [0, 0.05) is 43.9 Å². The summed E-state index contributed by atoms with van der Waals surface area (Å²) in [5.41, 5.74) is 4.43. The van der Waals surface area contributed by atoms with Crippen LogP contribution in [0.15, 0.2) is 29.1 Å². The molecular formula is C38H47N7O6. The number of carbonyl (C=O) groups excluding carboxylic acids is 2. The van der Waals surface area contributed by atoms with E-state index in [-0.39, 0.29) is 46.9 Å². The van der Waals surface area contributed by atoms with Crippen molar-refractivity contribution in [3.8, 4) is 5.75 Å². The minimum absolute atomic E-state index is 0.0476. The van der Waals surface area contributed by atoms with E-state index >= 15 is 0 Å². The molecule has 1 aromatic carbocycles. The van der Waals surface area contributed by atoms with Crippen molar-refractivity contribution in [3.63, 3.8) is 0 Å². The number of methoxy groups -OCH3 is 2. The molecule has 13 nitrogen and oxygen atoms in total. The zero-order valence-electron chi connectivity index (χ0n) is 29.8. The van der Waals surface area contributed by atoms with Gasteiger partial charge in [0.2, 0.25) is 11.3 Å². The van der Waals surface area contributed by atoms with E-state index in [2.05, 4.69) is 10.2 Å². The lowest BCUT2D eigenvalue weighted by Gasteiger charge is -2.71. The van der Waals surface area contributed by atoms with Crippen molar-refractivity contribution in [2.24, 2.45) is 11.3 Å². The van der Waals surface area contributed by atoms with E-state index in [9.17, 15) is 14.4 Å². The van der Waals surface area contributed by atoms with Gasteiger partial charge in [-0.1, -0.05) is 19.1 Å². The third-order valence-electron chi connectivity index (χ3n) is 12.6. The number of nitrogens with zero attached hydrogens (tertiary/aromatic N) is 6. The lowest BCUT2D eigenvalue weighted by atomic mass is 9.37. The molecule has 2 bridgehead atoms. The van der Waals surface area contributed by atoms with Crippen LogP contribution < -0.4 is 20.4 Å². The quantitative estimate of drug-likeness (QED) is 0.320. The molecule has 5 saturated carbocycles. The van der Waals surface area contributed by atoms with Crippen LogP contribution in [0.4, 0.5) is 5.69 Å². The second-order valence-corrected chi connectivity index (χ2v) is 15.6. The first-order valence-corrected chi connectivity index (χ1v) is 18.6. The van der Waals surface area contributed by atoms with Crippen LogP contribution in [0, 0.1) is 11.3 Å². The van der Waals surface area contributed by atoms with Gasteiger partial charge in [0.05, 0.1) is 44.2 Å². The largest absolute Gasteiger partial charge is 0.496 e. The van der Waals surface area contributed by atoms with Gasteiger partial charge in [0.25, 0.3) is 5.91 Å². The van der Waals surface area contributed by atoms with Crippen molar-refractivity contribution < 1.29 is 23.8 Å². The second kappa shape index (κ2) is 12.2. The first kappa shape index (κ1) is 32.7. The first-order chi connectivity index (χ1) is 24.8. The number of pyridine rings is 1. The topological polar surface area (TPSA) is 133 Å². The third kappa shape index (κ3) is 5.13. The lowest BCUT2D eigenvalue weighted by Crippen LogP contribution is -2.75. The minimum Gasteiger partial charge on any atom is -0.496 e. The fraction of sp³-hybridized carbons (Fsp3) is 0.605. The molecule has 0 unspecified atom stereocenters. The lowest BCUT2D eigenvalue weighted by molar-refractivity contribution is -0.176. The van der Waals surface area contributed by atoms with E-state index in [4.69, 9.17) is 24.4 Å². The highest BCUT2D eigenvalue weighted by Gasteiger charge is 2.72. The standard InChI is InChI=1S/C38H47N7O6/c1-4-26-33(42-14-15-43(28-11-10-27(28)42)36(48)31-23(19-49-2)6-5-7-29(31)50-3)34(47)32-35(41-45(40-32)25-12-16-51-17-13-25)44(26)18-30(46)39-38-20-37(21-38,22-38)24-8-9-24/h5-7,12,24,27-28H,4,8-11,13-22H2,1-3H3,(H,39,46)/t27-,28-,37?,38?/m0/s1. The summed E-state index contributed by atoms with van der Waals surface area (Å²) in [7, 11) is 3.20. The van der Waals surface area contributed by atoms with E-state index in [1.54, 1.807) is 19.0 Å². The number of hydrogen-bond donors (Lipinski definition) is 1. The molecule has 2 aromatic heterocycles. The van der Waals surface area contributed by atoms with Crippen LogP contribution in [-0.4, -0.2) is 94.4 Å². The maximum atomic E-state index is 14.6. The molecule has 1 N–H and O–H groups in total. The van der Waals surface area contributed by atoms with Crippen LogP contribution in [0.25, 0.3) is 16.9 Å². The zero-order valence-corrected chi connectivity index (χ0v) is 29.8. The van der Waals surface area contributed by atoms with E-state index < -0.39 is 0 Å². The van der Waals surface area contributed by atoms with Crippen molar-refractivity contribution in [2.75, 3.05) is 45.4 Å². The monoisotopic (exact) mass is 697 g/mol. The van der Waals surface area contributed by atoms with Crippen LogP contribution in [0.2, 0.25) is 0 Å². The number of rotatable bonds is 11. The summed E-state index contributed by atoms with van der Waals surface area (Å²) in [5.74, 6) is 1.24. The number of benzene rings is 1. The van der Waals surface area contributed by atoms with Gasteiger partial charge in [0.1, 0.15) is 18.0 Å². The molecule has 3 aromatic rings. The molecule has 13 heteroatoms. The fourth-order valence-corrected chi connectivity index (χ4v) is 10.1. The molecule has 4 heterocycles. The molecule has 1 saturated heterocycles. The fourth-order valence-electron chi connectivity index (χ4n) is 10.1. The molecule has 10 rings (SSSR count). The van der Waals surface area contributed by atoms with Gasteiger partial charge >= 0.3 is 0 Å². The minimum atomic E-state index is -0.180. The zero-order chi connectivity index (χ0) is 35.1. The Morgan fingerprint density at radius 1 is 1.06 bits per heavy atom. The number of aromatic nitrogens is 4. The number of ether oxygens (including phenoxy) is 3. The predicted octanol–water partition coefficient (Wildman–Crippen LogP) is 3.51. The van der Waals surface area contributed by atoms with Gasteiger partial charge in [-0.25, -0.2) is 0 Å². The SMILES string of the molecule is CCc1c(N2CCN(C(=O)c3c(COC)cccc3OC)[C@H]3CC[C@@H]32)c(=O)c2nn(C3=CCOCC3)nc2n1CC(=O)NC12CC(C3CC3)(C1)C2. The van der Waals surface area contributed by atoms with E-state index in [0.29, 0.717) is 73.8 Å². The van der Waals surface area contributed by atoms with Gasteiger partial charge in [-0.3, -0.25) is 14.4 Å². The predicted molar refractivity (Wildman–Crippen MR) is 190 cm³/mol. The highest BCUT2D eigenvalue weighted by molar-refractivity contribution is 5.99. The molecule has 7 aliphatic rings. The Morgan fingerprint density at radius 3 is 2.53 bits per heavy atom. The first-order valence-electron chi connectivity index (χ1n) is 18.6. The van der Waals surface area contributed by atoms with Gasteiger partial charge in [-0.05, 0) is 80.4 Å². The van der Waals surface area contributed by atoms with Crippen molar-refractivity contribution >= 4 is 34.4 Å². The molecular weight excluding hydrogens is 650 g/mol. The van der Waals surface area contributed by atoms with Gasteiger partial charge in [0.15, 0.2) is 11.2 Å². The van der Waals surface area contributed by atoms with E-state index in [0.717, 1.165) is 55.0 Å². The molecule has 0 spiro atoms. The Kier molecular flexibility index (Phi) is 7.80. The van der Waals surface area contributed by atoms with Gasteiger partial charge in [-0.2, -0.15) is 4.80 Å². The van der Waals surface area contributed by atoms with Crippen molar-refractivity contribution in [1.29, 1.82) is 0 Å². The number of nitrogens with one attached hydrogen (secondary N) is 1. The summed E-state index contributed by atoms with van der Waals surface area (Å²) in [6, 6.07) is 5.46. The van der Waals surface area contributed by atoms with Crippen molar-refractivity contribution in [2.45, 2.75) is 95.5 Å². The second-order valence-electron chi connectivity index (χ2n) is 15.6. The average molecular weight is 698 g/mol. The molecule has 2 atom stereocenters. The van der Waals surface area contributed by atoms with Crippen LogP contribution in [0.5, 0.6) is 5.75 Å². The molecule has 270 valence electrons. The maximum absolute atomic E-state index is 14.6. The highest BCUT2D eigenvalue weighted by Crippen LogP contribution is 2.75. The normalized spacial score (nSPS) is 27.9. The average Bonchev–Trinajstić information content (AvgIpc) is 3.83. The Morgan fingerprint density at radius 2 is 1.86 bits per heavy atom. The smallest absolute Gasteiger partial charge is 0.258 e. The van der Waals surface area contributed by atoms with Gasteiger partial charge < -0.3 is 33.9 Å². The summed E-state index contributed by atoms with van der Waals surface area (Å²) in [6.45, 7) is 4.33. The number of fused-ring (bicyclic) bond motifs is 2. The summed E-state index contributed by atoms with van der Waals surface area (Å²) in [5, 5.41) is 13.0. The summed E-state index contributed by atoms with van der Waals surface area (Å²) >= 11 is 0. The van der Waals surface area contributed by atoms with Gasteiger partial charge in [-0.15, -0.1) is 10.2 Å². The number of carbonyl (C=O) groups is 2. The van der Waals surface area contributed by atoms with Crippen LogP contribution >= 0.6 is 0 Å². The van der Waals surface area contributed by atoms with Crippen LogP contribution in [0.1, 0.15) is 79.9 Å². The number of amides is 2. The Labute approximate surface area is 296 Å². The van der Waals surface area contributed by atoms with Crippen molar-refractivity contribution in [1.82, 2.24) is 29.8 Å². The Bertz CT molecular complexity index is 1990. The van der Waals surface area contributed by atoms with Crippen LogP contribution in [0.3, 0.4) is 0 Å². The number of hydrogen-bond acceptors (Lipinski definition) is 9. The Hall–Kier alpha value is -4.23.